The standard InChI is InChI=1S/C22H34O4S/c1-4-14-22(25,5-2)15-9-10-18-12-13-20(23)19(18)11-7-8-16-27-17-21(24)26-6-3/h2,9-10,18-19,25H,4,6-8,11-17H2,1,3H3/t18-,19+,22?/m0/s1. The van der Waals surface area contributed by atoms with Gasteiger partial charge in [0.25, 0.3) is 0 Å². The van der Waals surface area contributed by atoms with E-state index in [1.54, 1.807) is 11.8 Å². The van der Waals surface area contributed by atoms with Crippen LogP contribution in [0.5, 0.6) is 0 Å². The molecule has 0 aromatic heterocycles. The van der Waals surface area contributed by atoms with Crippen molar-refractivity contribution in [3.8, 4) is 12.3 Å². The second-order valence-electron chi connectivity index (χ2n) is 7.19. The monoisotopic (exact) mass is 394 g/mol. The molecule has 0 saturated heterocycles. The summed E-state index contributed by atoms with van der Waals surface area (Å²) in [5.41, 5.74) is -1.07. The lowest BCUT2D eigenvalue weighted by atomic mass is 9.88. The van der Waals surface area contributed by atoms with E-state index in [0.717, 1.165) is 37.9 Å². The molecule has 0 spiro atoms. The van der Waals surface area contributed by atoms with Crippen molar-refractivity contribution in [2.75, 3.05) is 18.1 Å². The molecule has 1 aliphatic rings. The SMILES string of the molecule is C#CC(O)(CC=C[C@H]1CCC(=O)[C@@H]1CCCCSCC(=O)OCC)CCC. The van der Waals surface area contributed by atoms with E-state index in [1.165, 1.54) is 0 Å². The number of Topliss-reactive ketones (excluding diaryl/α,β-unsaturated/α-hetero) is 1. The fourth-order valence-electron chi connectivity index (χ4n) is 3.55. The minimum absolute atomic E-state index is 0.0846. The Morgan fingerprint density at radius 2 is 2.22 bits per heavy atom. The number of ketones is 1. The summed E-state index contributed by atoms with van der Waals surface area (Å²) in [5.74, 6) is 4.34. The van der Waals surface area contributed by atoms with Crippen LogP contribution >= 0.6 is 11.8 Å². The summed E-state index contributed by atoms with van der Waals surface area (Å²) in [6.45, 7) is 4.24. The van der Waals surface area contributed by atoms with Crippen LogP contribution in [0.4, 0.5) is 0 Å². The average molecular weight is 395 g/mol. The second-order valence-corrected chi connectivity index (χ2v) is 8.29. The Kier molecular flexibility index (Phi) is 11.5. The lowest BCUT2D eigenvalue weighted by molar-refractivity contribution is -0.139. The zero-order valence-electron chi connectivity index (χ0n) is 16.7. The summed E-state index contributed by atoms with van der Waals surface area (Å²) in [6, 6.07) is 0. The van der Waals surface area contributed by atoms with Crippen molar-refractivity contribution in [3.05, 3.63) is 12.2 Å². The molecule has 152 valence electrons. The molecule has 1 fully saturated rings. The molecule has 1 N–H and O–H groups in total. The number of allylic oxidation sites excluding steroid dienone is 1. The molecular formula is C22H34O4S. The third-order valence-electron chi connectivity index (χ3n) is 5.00. The maximum Gasteiger partial charge on any atom is 0.315 e. The molecule has 27 heavy (non-hydrogen) atoms. The van der Waals surface area contributed by atoms with E-state index in [1.807, 2.05) is 19.9 Å². The molecule has 0 aromatic carbocycles. The summed E-state index contributed by atoms with van der Waals surface area (Å²) in [7, 11) is 0. The first-order valence-electron chi connectivity index (χ1n) is 10.1. The van der Waals surface area contributed by atoms with Gasteiger partial charge in [-0.15, -0.1) is 6.42 Å². The number of aliphatic hydroxyl groups is 1. The van der Waals surface area contributed by atoms with Crippen LogP contribution < -0.4 is 0 Å². The van der Waals surface area contributed by atoms with Gasteiger partial charge in [-0.3, -0.25) is 9.59 Å². The fraction of sp³-hybridized carbons (Fsp3) is 0.727. The van der Waals surface area contributed by atoms with E-state index in [9.17, 15) is 14.7 Å². The number of carbonyl (C=O) groups is 2. The summed E-state index contributed by atoms with van der Waals surface area (Å²) in [4.78, 5) is 23.5. The number of unbranched alkanes of at least 4 members (excludes halogenated alkanes) is 1. The number of hydrogen-bond donors (Lipinski definition) is 1. The average Bonchev–Trinajstić information content (AvgIpc) is 2.98. The first kappa shape index (κ1) is 23.8. The molecule has 0 bridgehead atoms. The van der Waals surface area contributed by atoms with Crippen molar-refractivity contribution in [1.82, 2.24) is 0 Å². The van der Waals surface area contributed by atoms with Crippen molar-refractivity contribution >= 4 is 23.5 Å². The highest BCUT2D eigenvalue weighted by Crippen LogP contribution is 2.34. The van der Waals surface area contributed by atoms with Crippen molar-refractivity contribution in [1.29, 1.82) is 0 Å². The largest absolute Gasteiger partial charge is 0.465 e. The summed E-state index contributed by atoms with van der Waals surface area (Å²) >= 11 is 1.59. The van der Waals surface area contributed by atoms with Gasteiger partial charge in [0.2, 0.25) is 0 Å². The van der Waals surface area contributed by atoms with Gasteiger partial charge in [-0.1, -0.05) is 37.8 Å². The number of carbonyl (C=O) groups excluding carboxylic acids is 2. The van der Waals surface area contributed by atoms with Crippen molar-refractivity contribution in [2.24, 2.45) is 11.8 Å². The highest BCUT2D eigenvalue weighted by Gasteiger charge is 2.32. The smallest absolute Gasteiger partial charge is 0.315 e. The molecule has 0 aromatic rings. The van der Waals surface area contributed by atoms with Crippen LogP contribution in [-0.4, -0.2) is 40.6 Å². The molecule has 0 radical (unpaired) electrons. The van der Waals surface area contributed by atoms with Gasteiger partial charge in [-0.2, -0.15) is 11.8 Å². The maximum atomic E-state index is 12.2. The van der Waals surface area contributed by atoms with Gasteiger partial charge in [0.05, 0.1) is 12.4 Å². The molecule has 4 nitrogen and oxygen atoms in total. The molecule has 0 amide bonds. The Hall–Kier alpha value is -1.25. The van der Waals surface area contributed by atoms with Gasteiger partial charge in [0.1, 0.15) is 11.4 Å². The lowest BCUT2D eigenvalue weighted by Gasteiger charge is -2.20. The molecule has 3 atom stereocenters. The lowest BCUT2D eigenvalue weighted by Crippen LogP contribution is -2.25. The molecule has 0 heterocycles. The predicted molar refractivity (Wildman–Crippen MR) is 111 cm³/mol. The number of ether oxygens (including phenoxy) is 1. The quantitative estimate of drug-likeness (QED) is 0.220. The molecule has 1 saturated carbocycles. The number of hydrogen-bond acceptors (Lipinski definition) is 5. The summed E-state index contributed by atoms with van der Waals surface area (Å²) in [6.07, 6.45) is 15.8. The first-order chi connectivity index (χ1) is 13.0. The third kappa shape index (κ3) is 8.99. The maximum absolute atomic E-state index is 12.2. The Morgan fingerprint density at radius 1 is 1.44 bits per heavy atom. The van der Waals surface area contributed by atoms with E-state index in [4.69, 9.17) is 11.2 Å². The van der Waals surface area contributed by atoms with Crippen molar-refractivity contribution in [3.63, 3.8) is 0 Å². The van der Waals surface area contributed by atoms with Gasteiger partial charge in [0.15, 0.2) is 0 Å². The minimum Gasteiger partial charge on any atom is -0.465 e. The van der Waals surface area contributed by atoms with Crippen LogP contribution in [0.3, 0.4) is 0 Å². The fourth-order valence-corrected chi connectivity index (χ4v) is 4.35. The molecule has 1 rings (SSSR count). The molecule has 0 aliphatic heterocycles. The molecule has 5 heteroatoms. The molecule has 1 aliphatic carbocycles. The normalized spacial score (nSPS) is 21.9. The van der Waals surface area contributed by atoms with E-state index in [0.29, 0.717) is 37.4 Å². The van der Waals surface area contributed by atoms with Crippen LogP contribution in [0.1, 0.15) is 65.2 Å². The summed E-state index contributed by atoms with van der Waals surface area (Å²) in [5, 5.41) is 10.3. The van der Waals surface area contributed by atoms with E-state index >= 15 is 0 Å². The summed E-state index contributed by atoms with van der Waals surface area (Å²) < 4.78 is 4.90. The zero-order chi connectivity index (χ0) is 20.1. The van der Waals surface area contributed by atoms with E-state index < -0.39 is 5.60 Å². The van der Waals surface area contributed by atoms with Crippen LogP contribution in [0, 0.1) is 24.2 Å². The van der Waals surface area contributed by atoms with Crippen LogP contribution in [0.25, 0.3) is 0 Å². The van der Waals surface area contributed by atoms with Crippen LogP contribution in [0.2, 0.25) is 0 Å². The first-order valence-corrected chi connectivity index (χ1v) is 11.2. The number of rotatable bonds is 13. The molecular weight excluding hydrogens is 360 g/mol. The predicted octanol–water partition coefficient (Wildman–Crippen LogP) is 4.16. The van der Waals surface area contributed by atoms with Gasteiger partial charge < -0.3 is 9.84 Å². The minimum atomic E-state index is -1.07. The van der Waals surface area contributed by atoms with E-state index in [2.05, 4.69) is 12.0 Å². The van der Waals surface area contributed by atoms with Gasteiger partial charge >= 0.3 is 5.97 Å². The Morgan fingerprint density at radius 3 is 2.89 bits per heavy atom. The number of esters is 1. The second kappa shape index (κ2) is 13.0. The number of thioether (sulfide) groups is 1. The highest BCUT2D eigenvalue weighted by molar-refractivity contribution is 7.99. The highest BCUT2D eigenvalue weighted by atomic mass is 32.2. The van der Waals surface area contributed by atoms with E-state index in [-0.39, 0.29) is 17.8 Å². The zero-order valence-corrected chi connectivity index (χ0v) is 17.6. The van der Waals surface area contributed by atoms with Gasteiger partial charge in [-0.05, 0) is 44.3 Å². The van der Waals surface area contributed by atoms with Gasteiger partial charge in [0, 0.05) is 18.8 Å². The van der Waals surface area contributed by atoms with Crippen LogP contribution in [0.15, 0.2) is 12.2 Å². The third-order valence-corrected chi connectivity index (χ3v) is 6.02. The molecule has 1 unspecified atom stereocenters. The Labute approximate surface area is 168 Å². The van der Waals surface area contributed by atoms with Gasteiger partial charge in [-0.25, -0.2) is 0 Å². The van der Waals surface area contributed by atoms with Crippen molar-refractivity contribution < 1.29 is 19.4 Å². The van der Waals surface area contributed by atoms with Crippen LogP contribution in [-0.2, 0) is 14.3 Å². The topological polar surface area (TPSA) is 63.6 Å². The Bertz CT molecular complexity index is 537. The Balaban J connectivity index is 2.34. The number of terminal acetylenes is 1. The van der Waals surface area contributed by atoms with Crippen molar-refractivity contribution in [2.45, 2.75) is 70.8 Å².